The van der Waals surface area contributed by atoms with E-state index in [4.69, 9.17) is 4.74 Å². The molecule has 3 aromatic rings. The van der Waals surface area contributed by atoms with Gasteiger partial charge in [-0.15, -0.1) is 11.3 Å². The van der Waals surface area contributed by atoms with E-state index >= 15 is 0 Å². The van der Waals surface area contributed by atoms with E-state index in [1.54, 1.807) is 24.3 Å². The van der Waals surface area contributed by atoms with Crippen LogP contribution in [0, 0.1) is 13.8 Å². The number of hydrogen-bond donors (Lipinski definition) is 0. The Bertz CT molecular complexity index is 1010. The van der Waals surface area contributed by atoms with E-state index < -0.39 is 5.97 Å². The highest BCUT2D eigenvalue weighted by atomic mass is 32.1. The fourth-order valence-electron chi connectivity index (χ4n) is 2.60. The van der Waals surface area contributed by atoms with Gasteiger partial charge in [-0.05, 0) is 13.8 Å². The zero-order chi connectivity index (χ0) is 17.4. The third-order valence-electron chi connectivity index (χ3n) is 3.94. The van der Waals surface area contributed by atoms with Crippen molar-refractivity contribution in [3.63, 3.8) is 0 Å². The molecule has 0 bridgehead atoms. The minimum absolute atomic E-state index is 0.00222. The second-order valence-corrected chi connectivity index (χ2v) is 6.55. The van der Waals surface area contributed by atoms with Crippen LogP contribution in [0.3, 0.4) is 0 Å². The SMILES string of the molecule is COC(=O)c1cc(=O)n2c(C)c(C)sc2c1C(=O)c1ccccc1. The van der Waals surface area contributed by atoms with Gasteiger partial charge in [-0.25, -0.2) is 4.79 Å². The van der Waals surface area contributed by atoms with Gasteiger partial charge in [-0.2, -0.15) is 0 Å². The largest absolute Gasteiger partial charge is 0.465 e. The standard InChI is InChI=1S/C18H15NO4S/c1-10-11(2)24-17-15(16(21)12-7-5-4-6-8-12)13(18(22)23-3)9-14(20)19(10)17/h4-9H,1-3H3. The normalized spacial score (nSPS) is 10.8. The molecule has 0 unspecified atom stereocenters. The Morgan fingerprint density at radius 1 is 1.12 bits per heavy atom. The first-order valence-electron chi connectivity index (χ1n) is 7.29. The number of thiazole rings is 1. The molecule has 0 aliphatic rings. The van der Waals surface area contributed by atoms with Crippen molar-refractivity contribution in [1.82, 2.24) is 4.40 Å². The highest BCUT2D eigenvalue weighted by Crippen LogP contribution is 2.28. The van der Waals surface area contributed by atoms with Crippen molar-refractivity contribution in [3.05, 3.63) is 74.0 Å². The molecule has 0 fully saturated rings. The van der Waals surface area contributed by atoms with Gasteiger partial charge in [0.1, 0.15) is 4.83 Å². The number of fused-ring (bicyclic) bond motifs is 1. The maximum atomic E-state index is 13.0. The molecule has 0 radical (unpaired) electrons. The van der Waals surface area contributed by atoms with Gasteiger partial charge < -0.3 is 4.74 Å². The molecule has 24 heavy (non-hydrogen) atoms. The summed E-state index contributed by atoms with van der Waals surface area (Å²) in [5.41, 5.74) is 1.06. The van der Waals surface area contributed by atoms with Gasteiger partial charge in [-0.3, -0.25) is 14.0 Å². The quantitative estimate of drug-likeness (QED) is 0.543. The van der Waals surface area contributed by atoms with Gasteiger partial charge in [-0.1, -0.05) is 30.3 Å². The summed E-state index contributed by atoms with van der Waals surface area (Å²) in [4.78, 5) is 39.0. The lowest BCUT2D eigenvalue weighted by Crippen LogP contribution is -2.21. The second-order valence-electron chi connectivity index (χ2n) is 5.34. The molecule has 5 nitrogen and oxygen atoms in total. The molecular formula is C18H15NO4S. The molecule has 1 aromatic carbocycles. The molecule has 0 atom stereocenters. The first-order chi connectivity index (χ1) is 11.5. The average Bonchev–Trinajstić information content (AvgIpc) is 2.89. The first-order valence-corrected chi connectivity index (χ1v) is 8.11. The summed E-state index contributed by atoms with van der Waals surface area (Å²) in [6.45, 7) is 3.69. The molecule has 0 saturated carbocycles. The number of aromatic nitrogens is 1. The van der Waals surface area contributed by atoms with Crippen molar-refractivity contribution in [2.75, 3.05) is 7.11 Å². The van der Waals surface area contributed by atoms with Gasteiger partial charge in [0.2, 0.25) is 0 Å². The van der Waals surface area contributed by atoms with E-state index in [1.807, 2.05) is 19.9 Å². The van der Waals surface area contributed by atoms with Gasteiger partial charge in [0.05, 0.1) is 18.2 Å². The second kappa shape index (κ2) is 6.05. The number of aryl methyl sites for hydroxylation is 2. The number of carbonyl (C=O) groups is 2. The Morgan fingerprint density at radius 2 is 1.79 bits per heavy atom. The molecule has 122 valence electrons. The summed E-state index contributed by atoms with van der Waals surface area (Å²) in [6, 6.07) is 9.85. The van der Waals surface area contributed by atoms with E-state index in [9.17, 15) is 14.4 Å². The topological polar surface area (TPSA) is 64.8 Å². The summed E-state index contributed by atoms with van der Waals surface area (Å²) < 4.78 is 6.24. The smallest absolute Gasteiger partial charge is 0.338 e. The van der Waals surface area contributed by atoms with E-state index in [0.717, 1.165) is 10.6 Å². The maximum absolute atomic E-state index is 13.0. The van der Waals surface area contributed by atoms with Crippen LogP contribution in [0.15, 0.2) is 41.2 Å². The van der Waals surface area contributed by atoms with Crippen LogP contribution in [-0.4, -0.2) is 23.3 Å². The van der Waals surface area contributed by atoms with E-state index in [0.29, 0.717) is 10.4 Å². The number of pyridine rings is 1. The van der Waals surface area contributed by atoms with E-state index in [2.05, 4.69) is 0 Å². The van der Waals surface area contributed by atoms with Crippen LogP contribution in [0.2, 0.25) is 0 Å². The summed E-state index contributed by atoms with van der Waals surface area (Å²) in [5.74, 6) is -1.01. The number of benzene rings is 1. The summed E-state index contributed by atoms with van der Waals surface area (Å²) in [6.07, 6.45) is 0. The lowest BCUT2D eigenvalue weighted by molar-refractivity contribution is 0.0597. The third kappa shape index (κ3) is 2.45. The Hall–Kier alpha value is -2.73. The van der Waals surface area contributed by atoms with Gasteiger partial charge in [0, 0.05) is 22.2 Å². The molecule has 0 N–H and O–H groups in total. The molecule has 2 aromatic heterocycles. The fourth-order valence-corrected chi connectivity index (χ4v) is 3.75. The van der Waals surface area contributed by atoms with Gasteiger partial charge in [0.25, 0.3) is 5.56 Å². The monoisotopic (exact) mass is 341 g/mol. The molecule has 0 amide bonds. The van der Waals surface area contributed by atoms with Crippen LogP contribution in [-0.2, 0) is 4.74 Å². The van der Waals surface area contributed by atoms with Crippen molar-refractivity contribution in [2.24, 2.45) is 0 Å². The molecule has 3 rings (SSSR count). The number of ketones is 1. The van der Waals surface area contributed by atoms with Crippen molar-refractivity contribution in [3.8, 4) is 0 Å². The zero-order valence-electron chi connectivity index (χ0n) is 13.5. The summed E-state index contributed by atoms with van der Waals surface area (Å²) in [5, 5.41) is 0. The molecule has 0 aliphatic heterocycles. The Labute approximate surface area is 142 Å². The van der Waals surface area contributed by atoms with E-state index in [-0.39, 0.29) is 22.5 Å². The molecule has 0 aliphatic carbocycles. The van der Waals surface area contributed by atoms with E-state index in [1.165, 1.54) is 28.9 Å². The van der Waals surface area contributed by atoms with Crippen LogP contribution in [0.1, 0.15) is 36.9 Å². The zero-order valence-corrected chi connectivity index (χ0v) is 14.3. The van der Waals surface area contributed by atoms with Crippen LogP contribution in [0.25, 0.3) is 4.83 Å². The van der Waals surface area contributed by atoms with Crippen LogP contribution >= 0.6 is 11.3 Å². The number of hydrogen-bond acceptors (Lipinski definition) is 5. The summed E-state index contributed by atoms with van der Waals surface area (Å²) in [7, 11) is 1.23. The van der Waals surface area contributed by atoms with Crippen LogP contribution < -0.4 is 5.56 Å². The highest BCUT2D eigenvalue weighted by Gasteiger charge is 2.25. The third-order valence-corrected chi connectivity index (χ3v) is 5.12. The molecule has 0 spiro atoms. The average molecular weight is 341 g/mol. The molecule has 2 heterocycles. The molecule has 0 saturated heterocycles. The predicted octanol–water partition coefficient (Wildman–Crippen LogP) is 3.00. The minimum atomic E-state index is -0.697. The number of nitrogens with zero attached hydrogens (tertiary/aromatic N) is 1. The molecular weight excluding hydrogens is 326 g/mol. The fraction of sp³-hybridized carbons (Fsp3) is 0.167. The number of esters is 1. The predicted molar refractivity (Wildman–Crippen MR) is 92.2 cm³/mol. The minimum Gasteiger partial charge on any atom is -0.465 e. The number of ether oxygens (including phenoxy) is 1. The lowest BCUT2D eigenvalue weighted by Gasteiger charge is -2.09. The van der Waals surface area contributed by atoms with Gasteiger partial charge in [0.15, 0.2) is 5.78 Å². The van der Waals surface area contributed by atoms with Crippen LogP contribution in [0.5, 0.6) is 0 Å². The Kier molecular flexibility index (Phi) is 4.07. The van der Waals surface area contributed by atoms with Crippen molar-refractivity contribution >= 4 is 27.9 Å². The lowest BCUT2D eigenvalue weighted by atomic mass is 10.00. The molecule has 6 heteroatoms. The van der Waals surface area contributed by atoms with Gasteiger partial charge >= 0.3 is 5.97 Å². The van der Waals surface area contributed by atoms with Crippen LogP contribution in [0.4, 0.5) is 0 Å². The number of methoxy groups -OCH3 is 1. The van der Waals surface area contributed by atoms with Crippen molar-refractivity contribution in [1.29, 1.82) is 0 Å². The van der Waals surface area contributed by atoms with Crippen molar-refractivity contribution in [2.45, 2.75) is 13.8 Å². The van der Waals surface area contributed by atoms with Crippen molar-refractivity contribution < 1.29 is 14.3 Å². The first kappa shape index (κ1) is 16.1. The highest BCUT2D eigenvalue weighted by molar-refractivity contribution is 7.18. The Balaban J connectivity index is 2.41. The Morgan fingerprint density at radius 3 is 2.42 bits per heavy atom. The number of rotatable bonds is 3. The summed E-state index contributed by atoms with van der Waals surface area (Å²) >= 11 is 1.32. The number of carbonyl (C=O) groups excluding carboxylic acids is 2. The maximum Gasteiger partial charge on any atom is 0.338 e.